The second-order valence-electron chi connectivity index (χ2n) is 5.36. The number of halogens is 1. The fraction of sp³-hybridized carbons (Fsp3) is 0.176. The Balaban J connectivity index is 2.16. The number of fused-ring (bicyclic) bond motifs is 1. The molecule has 0 spiro atoms. The lowest BCUT2D eigenvalue weighted by Crippen LogP contribution is -2.36. The summed E-state index contributed by atoms with van der Waals surface area (Å²) < 4.78 is 27.5. The molecular formula is C17H16ClNO2S. The molecule has 0 bridgehead atoms. The molecule has 0 saturated carbocycles. The van der Waals surface area contributed by atoms with Gasteiger partial charge in [-0.2, -0.15) is 0 Å². The van der Waals surface area contributed by atoms with Gasteiger partial charge in [0.05, 0.1) is 16.6 Å². The number of aryl methyl sites for hydroxylation is 1. The van der Waals surface area contributed by atoms with Crippen LogP contribution in [0, 0.1) is 6.92 Å². The van der Waals surface area contributed by atoms with Gasteiger partial charge in [0.15, 0.2) is 0 Å². The largest absolute Gasteiger partial charge is 0.264 e. The van der Waals surface area contributed by atoms with E-state index in [1.807, 2.05) is 6.92 Å². The van der Waals surface area contributed by atoms with E-state index in [1.54, 1.807) is 48.5 Å². The van der Waals surface area contributed by atoms with Crippen molar-refractivity contribution in [3.8, 4) is 0 Å². The topological polar surface area (TPSA) is 37.4 Å². The van der Waals surface area contributed by atoms with E-state index in [0.29, 0.717) is 17.1 Å². The summed E-state index contributed by atoms with van der Waals surface area (Å²) in [5.74, 6) is 0. The van der Waals surface area contributed by atoms with E-state index in [-0.39, 0.29) is 10.9 Å². The second kappa shape index (κ2) is 5.45. The van der Waals surface area contributed by atoms with Gasteiger partial charge in [-0.05, 0) is 36.8 Å². The third kappa shape index (κ3) is 2.32. The maximum Gasteiger partial charge on any atom is 0.264 e. The zero-order valence-corrected chi connectivity index (χ0v) is 13.7. The maximum absolute atomic E-state index is 13.0. The summed E-state index contributed by atoms with van der Waals surface area (Å²) in [6.07, 6.45) is 2.20. The molecule has 0 fully saturated rings. The number of sulfonamides is 1. The van der Waals surface area contributed by atoms with Gasteiger partial charge < -0.3 is 0 Å². The van der Waals surface area contributed by atoms with Crippen LogP contribution in [0.2, 0.25) is 5.02 Å². The lowest BCUT2D eigenvalue weighted by Gasteiger charge is -2.25. The molecule has 0 N–H and O–H groups in total. The highest BCUT2D eigenvalue weighted by Gasteiger charge is 2.37. The van der Waals surface area contributed by atoms with Gasteiger partial charge in [0.2, 0.25) is 0 Å². The molecule has 0 aliphatic carbocycles. The van der Waals surface area contributed by atoms with Crippen molar-refractivity contribution < 1.29 is 8.42 Å². The number of hydrogen-bond donors (Lipinski definition) is 0. The van der Waals surface area contributed by atoms with Gasteiger partial charge in [0.1, 0.15) is 0 Å². The summed E-state index contributed by atoms with van der Waals surface area (Å²) in [7, 11) is -3.64. The molecule has 3 nitrogen and oxygen atoms in total. The van der Waals surface area contributed by atoms with E-state index in [9.17, 15) is 8.42 Å². The van der Waals surface area contributed by atoms with Gasteiger partial charge in [-0.15, -0.1) is 6.58 Å². The Hall–Kier alpha value is -1.78. The fourth-order valence-electron chi connectivity index (χ4n) is 2.74. The number of rotatable bonds is 3. The molecule has 22 heavy (non-hydrogen) atoms. The minimum absolute atomic E-state index is 0.276. The fourth-order valence-corrected chi connectivity index (χ4v) is 4.64. The molecule has 1 unspecified atom stereocenters. The van der Waals surface area contributed by atoms with E-state index in [0.717, 1.165) is 11.1 Å². The maximum atomic E-state index is 13.0. The van der Waals surface area contributed by atoms with E-state index in [2.05, 4.69) is 6.58 Å². The average Bonchev–Trinajstić information content (AvgIpc) is 2.88. The van der Waals surface area contributed by atoms with Gasteiger partial charge in [-0.25, -0.2) is 8.42 Å². The Kier molecular flexibility index (Phi) is 3.75. The highest BCUT2D eigenvalue weighted by molar-refractivity contribution is 7.92. The van der Waals surface area contributed by atoms with Gasteiger partial charge in [-0.1, -0.05) is 41.4 Å². The average molecular weight is 334 g/mol. The van der Waals surface area contributed by atoms with Crippen LogP contribution in [-0.2, 0) is 16.4 Å². The molecule has 2 aromatic carbocycles. The minimum Gasteiger partial charge on any atom is -0.259 e. The quantitative estimate of drug-likeness (QED) is 0.797. The Bertz CT molecular complexity index is 828. The molecule has 1 aliphatic heterocycles. The number of benzene rings is 2. The van der Waals surface area contributed by atoms with Crippen molar-refractivity contribution >= 4 is 27.3 Å². The normalized spacial score (nSPS) is 17.4. The molecule has 2 aromatic rings. The van der Waals surface area contributed by atoms with Gasteiger partial charge in [-0.3, -0.25) is 4.31 Å². The molecule has 1 aliphatic rings. The van der Waals surface area contributed by atoms with Crippen molar-refractivity contribution in [2.75, 3.05) is 4.31 Å². The zero-order chi connectivity index (χ0) is 15.9. The zero-order valence-electron chi connectivity index (χ0n) is 12.2. The first-order chi connectivity index (χ1) is 10.4. The Labute approximate surface area is 135 Å². The monoisotopic (exact) mass is 333 g/mol. The van der Waals surface area contributed by atoms with Crippen LogP contribution in [0.3, 0.4) is 0 Å². The molecule has 0 aromatic heterocycles. The number of hydrogen-bond acceptors (Lipinski definition) is 2. The third-order valence-electron chi connectivity index (χ3n) is 3.90. The molecule has 1 heterocycles. The van der Waals surface area contributed by atoms with Crippen LogP contribution >= 0.6 is 11.6 Å². The van der Waals surface area contributed by atoms with Crippen molar-refractivity contribution in [2.24, 2.45) is 0 Å². The predicted molar refractivity (Wildman–Crippen MR) is 90.0 cm³/mol. The first-order valence-electron chi connectivity index (χ1n) is 6.96. The minimum atomic E-state index is -3.64. The van der Waals surface area contributed by atoms with Crippen LogP contribution in [0.4, 0.5) is 5.69 Å². The van der Waals surface area contributed by atoms with Crippen LogP contribution in [0.1, 0.15) is 11.1 Å². The van der Waals surface area contributed by atoms with Crippen LogP contribution in [-0.4, -0.2) is 14.5 Å². The molecular weight excluding hydrogens is 318 g/mol. The molecule has 114 valence electrons. The van der Waals surface area contributed by atoms with Gasteiger partial charge in [0, 0.05) is 11.4 Å². The standard InChI is InChI=1S/C17H16ClNO2S/c1-3-13-11-15-16(18)5-4-6-17(15)19(13)22(20,21)14-9-7-12(2)8-10-14/h3-10,13H,1,11H2,2H3. The smallest absolute Gasteiger partial charge is 0.259 e. The van der Waals surface area contributed by atoms with Crippen LogP contribution < -0.4 is 4.31 Å². The lowest BCUT2D eigenvalue weighted by atomic mass is 10.1. The predicted octanol–water partition coefficient (Wildman–Crippen LogP) is 3.95. The van der Waals surface area contributed by atoms with Crippen molar-refractivity contribution in [2.45, 2.75) is 24.3 Å². The van der Waals surface area contributed by atoms with Crippen molar-refractivity contribution in [1.82, 2.24) is 0 Å². The van der Waals surface area contributed by atoms with Crippen molar-refractivity contribution in [3.05, 3.63) is 71.3 Å². The first kappa shape index (κ1) is 15.1. The highest BCUT2D eigenvalue weighted by Crippen LogP contribution is 2.40. The van der Waals surface area contributed by atoms with E-state index < -0.39 is 10.0 Å². The highest BCUT2D eigenvalue weighted by atomic mass is 35.5. The second-order valence-corrected chi connectivity index (χ2v) is 7.58. The number of anilines is 1. The summed E-state index contributed by atoms with van der Waals surface area (Å²) in [5, 5.41) is 0.589. The van der Waals surface area contributed by atoms with Crippen molar-refractivity contribution in [3.63, 3.8) is 0 Å². The molecule has 0 amide bonds. The summed E-state index contributed by atoms with van der Waals surface area (Å²) in [6, 6.07) is 11.9. The summed E-state index contributed by atoms with van der Waals surface area (Å²) >= 11 is 6.22. The summed E-state index contributed by atoms with van der Waals surface area (Å²) in [4.78, 5) is 0.276. The first-order valence-corrected chi connectivity index (χ1v) is 8.78. The Morgan fingerprint density at radius 2 is 1.91 bits per heavy atom. The number of nitrogens with zero attached hydrogens (tertiary/aromatic N) is 1. The van der Waals surface area contributed by atoms with E-state index in [4.69, 9.17) is 11.6 Å². The van der Waals surface area contributed by atoms with Crippen LogP contribution in [0.5, 0.6) is 0 Å². The van der Waals surface area contributed by atoms with Crippen LogP contribution in [0.15, 0.2) is 60.0 Å². The van der Waals surface area contributed by atoms with E-state index in [1.165, 1.54) is 4.31 Å². The van der Waals surface area contributed by atoms with Crippen LogP contribution in [0.25, 0.3) is 0 Å². The van der Waals surface area contributed by atoms with Crippen molar-refractivity contribution in [1.29, 1.82) is 0 Å². The Morgan fingerprint density at radius 1 is 1.23 bits per heavy atom. The summed E-state index contributed by atoms with van der Waals surface area (Å²) in [6.45, 7) is 5.70. The molecule has 1 atom stereocenters. The lowest BCUT2D eigenvalue weighted by molar-refractivity contribution is 0.588. The SMILES string of the molecule is C=CC1Cc2c(Cl)cccc2N1S(=O)(=O)c1ccc(C)cc1. The van der Waals surface area contributed by atoms with E-state index >= 15 is 0 Å². The molecule has 3 rings (SSSR count). The molecule has 0 radical (unpaired) electrons. The molecule has 0 saturated heterocycles. The molecule has 5 heteroatoms. The Morgan fingerprint density at radius 3 is 2.55 bits per heavy atom. The van der Waals surface area contributed by atoms with Gasteiger partial charge >= 0.3 is 0 Å². The third-order valence-corrected chi connectivity index (χ3v) is 6.10. The van der Waals surface area contributed by atoms with Gasteiger partial charge in [0.25, 0.3) is 10.0 Å². The summed E-state index contributed by atoms with van der Waals surface area (Å²) in [5.41, 5.74) is 2.51.